The molecule has 2 N–H and O–H groups in total. The fourth-order valence-corrected chi connectivity index (χ4v) is 6.26. The van der Waals surface area contributed by atoms with Crippen molar-refractivity contribution < 1.29 is 14.4 Å². The van der Waals surface area contributed by atoms with Crippen LogP contribution >= 0.6 is 23.2 Å². The molecule has 0 unspecified atom stereocenters. The van der Waals surface area contributed by atoms with Gasteiger partial charge in [-0.3, -0.25) is 4.21 Å². The van der Waals surface area contributed by atoms with Crippen molar-refractivity contribution in [3.8, 4) is 16.8 Å². The van der Waals surface area contributed by atoms with Crippen LogP contribution in [0, 0.1) is 0 Å². The molecule has 0 aliphatic carbocycles. The number of benzene rings is 3. The molecule has 0 amide bonds. The lowest BCUT2D eigenvalue weighted by Crippen LogP contribution is -2.16. The average Bonchev–Trinajstić information content (AvgIpc) is 3.30. The standard InChI is InChI=1S/C29H32Cl2N2O3S/c1-5-37(4,36)26-15-20(9-10-21(26)18-34)19-11-13-22(14-12-19)33-17-27(29(2,3)35)32-28(33)16-23-24(30)7-6-8-25(23)31/h6-15,17,34-35,37H,5,16,18H2,1-4H3. The van der Waals surface area contributed by atoms with E-state index in [2.05, 4.69) is 0 Å². The van der Waals surface area contributed by atoms with Crippen molar-refractivity contribution in [2.75, 3.05) is 12.0 Å². The van der Waals surface area contributed by atoms with E-state index in [1.165, 1.54) is 0 Å². The zero-order valence-electron chi connectivity index (χ0n) is 21.4. The largest absolute Gasteiger partial charge is 0.392 e. The lowest BCUT2D eigenvalue weighted by atomic mass is 10.0. The third-order valence-corrected chi connectivity index (χ3v) is 10.0. The molecule has 4 rings (SSSR count). The molecule has 0 aliphatic rings. The van der Waals surface area contributed by atoms with Crippen LogP contribution in [0.5, 0.6) is 0 Å². The van der Waals surface area contributed by atoms with Gasteiger partial charge in [0.1, 0.15) is 11.4 Å². The second-order valence-corrected chi connectivity index (χ2v) is 13.9. The number of rotatable bonds is 8. The van der Waals surface area contributed by atoms with E-state index in [0.717, 1.165) is 27.3 Å². The maximum atomic E-state index is 13.1. The van der Waals surface area contributed by atoms with Crippen LogP contribution in [0.1, 0.15) is 43.4 Å². The third kappa shape index (κ3) is 5.84. The Kier molecular flexibility index (Phi) is 7.98. The van der Waals surface area contributed by atoms with Crippen LogP contribution in [-0.4, -0.2) is 36.0 Å². The minimum absolute atomic E-state index is 0.144. The number of halogens is 2. The fourth-order valence-electron chi connectivity index (χ4n) is 4.22. The number of aromatic nitrogens is 2. The summed E-state index contributed by atoms with van der Waals surface area (Å²) in [5.41, 5.74) is 3.65. The van der Waals surface area contributed by atoms with Crippen LogP contribution in [0.3, 0.4) is 0 Å². The van der Waals surface area contributed by atoms with Crippen molar-refractivity contribution in [3.63, 3.8) is 0 Å². The van der Waals surface area contributed by atoms with Crippen molar-refractivity contribution in [1.82, 2.24) is 9.55 Å². The Balaban J connectivity index is 1.75. The molecule has 0 spiro atoms. The minimum Gasteiger partial charge on any atom is -0.392 e. The highest BCUT2D eigenvalue weighted by Gasteiger charge is 2.23. The van der Waals surface area contributed by atoms with E-state index in [0.29, 0.717) is 39.3 Å². The van der Waals surface area contributed by atoms with Crippen LogP contribution in [-0.2, 0) is 28.6 Å². The Hall–Kier alpha value is -2.48. The molecule has 0 saturated heterocycles. The smallest absolute Gasteiger partial charge is 0.118 e. The Labute approximate surface area is 229 Å². The summed E-state index contributed by atoms with van der Waals surface area (Å²) in [6.07, 6.45) is 3.99. The van der Waals surface area contributed by atoms with Gasteiger partial charge in [-0.05, 0) is 72.7 Å². The molecule has 0 atom stereocenters. The first kappa shape index (κ1) is 27.6. The number of imidazole rings is 1. The number of aliphatic hydroxyl groups is 2. The number of thiol groups is 1. The van der Waals surface area contributed by atoms with Gasteiger partial charge in [-0.15, -0.1) is 0 Å². The van der Waals surface area contributed by atoms with Gasteiger partial charge in [0, 0.05) is 39.0 Å². The summed E-state index contributed by atoms with van der Waals surface area (Å²) in [6, 6.07) is 19.1. The lowest BCUT2D eigenvalue weighted by molar-refractivity contribution is 0.0741. The van der Waals surface area contributed by atoms with E-state index in [9.17, 15) is 14.4 Å². The molecular weight excluding hydrogens is 527 g/mol. The van der Waals surface area contributed by atoms with Gasteiger partial charge in [0.2, 0.25) is 0 Å². The summed E-state index contributed by atoms with van der Waals surface area (Å²) in [5, 5.41) is 21.5. The van der Waals surface area contributed by atoms with E-state index in [4.69, 9.17) is 28.2 Å². The summed E-state index contributed by atoms with van der Waals surface area (Å²) in [7, 11) is -2.56. The monoisotopic (exact) mass is 558 g/mol. The third-order valence-electron chi connectivity index (χ3n) is 6.65. The van der Waals surface area contributed by atoms with Gasteiger partial charge < -0.3 is 14.8 Å². The van der Waals surface area contributed by atoms with Gasteiger partial charge in [0.15, 0.2) is 0 Å². The fraction of sp³-hybridized carbons (Fsp3) is 0.276. The van der Waals surface area contributed by atoms with Gasteiger partial charge in [-0.25, -0.2) is 4.98 Å². The van der Waals surface area contributed by atoms with Crippen molar-refractivity contribution in [3.05, 3.63) is 99.6 Å². The molecule has 196 valence electrons. The highest BCUT2D eigenvalue weighted by Crippen LogP contribution is 2.32. The molecule has 37 heavy (non-hydrogen) atoms. The predicted octanol–water partition coefficient (Wildman–Crippen LogP) is 6.18. The molecule has 1 heterocycles. The Bertz CT molecular complexity index is 1450. The topological polar surface area (TPSA) is 75.4 Å². The Morgan fingerprint density at radius 3 is 2.19 bits per heavy atom. The first-order chi connectivity index (χ1) is 17.4. The number of hydrogen-bond acceptors (Lipinski definition) is 4. The summed E-state index contributed by atoms with van der Waals surface area (Å²) in [5.74, 6) is 1.23. The van der Waals surface area contributed by atoms with E-state index >= 15 is 0 Å². The maximum absolute atomic E-state index is 13.1. The molecular formula is C29H32Cl2N2O3S. The molecule has 0 fully saturated rings. The normalized spacial score (nSPS) is 12.6. The minimum atomic E-state index is -2.56. The highest BCUT2D eigenvalue weighted by atomic mass is 35.5. The molecule has 4 aromatic rings. The molecule has 0 radical (unpaired) electrons. The number of aliphatic hydroxyl groups excluding tert-OH is 1. The van der Waals surface area contributed by atoms with Gasteiger partial charge in [0.25, 0.3) is 0 Å². The summed E-state index contributed by atoms with van der Waals surface area (Å²) in [4.78, 5) is 5.45. The van der Waals surface area contributed by atoms with E-state index in [1.54, 1.807) is 38.3 Å². The van der Waals surface area contributed by atoms with Crippen molar-refractivity contribution >= 4 is 33.1 Å². The van der Waals surface area contributed by atoms with Gasteiger partial charge in [-0.1, -0.05) is 70.4 Å². The highest BCUT2D eigenvalue weighted by molar-refractivity contribution is 8.02. The summed E-state index contributed by atoms with van der Waals surface area (Å²) in [6.45, 7) is 5.16. The molecule has 1 aromatic heterocycles. The van der Waals surface area contributed by atoms with Gasteiger partial charge >= 0.3 is 0 Å². The zero-order valence-corrected chi connectivity index (χ0v) is 23.8. The van der Waals surface area contributed by atoms with Crippen molar-refractivity contribution in [2.24, 2.45) is 0 Å². The number of hydrogen-bond donors (Lipinski definition) is 3. The average molecular weight is 560 g/mol. The Morgan fingerprint density at radius 2 is 1.62 bits per heavy atom. The first-order valence-corrected chi connectivity index (χ1v) is 15.2. The van der Waals surface area contributed by atoms with Crippen LogP contribution < -0.4 is 0 Å². The van der Waals surface area contributed by atoms with E-state index < -0.39 is 15.5 Å². The van der Waals surface area contributed by atoms with Crippen molar-refractivity contribution in [1.29, 1.82) is 0 Å². The molecule has 3 aromatic carbocycles. The van der Waals surface area contributed by atoms with Gasteiger partial charge in [0.05, 0.1) is 12.3 Å². The second kappa shape index (κ2) is 10.7. The quantitative estimate of drug-likeness (QED) is 0.225. The molecule has 8 heteroatoms. The summed E-state index contributed by atoms with van der Waals surface area (Å²) < 4.78 is 15.1. The molecule has 0 bridgehead atoms. The Morgan fingerprint density at radius 1 is 1.00 bits per heavy atom. The predicted molar refractivity (Wildman–Crippen MR) is 154 cm³/mol. The van der Waals surface area contributed by atoms with Crippen LogP contribution in [0.4, 0.5) is 0 Å². The molecule has 5 nitrogen and oxygen atoms in total. The SMILES string of the molecule is CC[SH](C)(=O)c1cc(-c2ccc(-n3cc(C(C)(C)O)nc3Cc3c(Cl)cccc3Cl)cc2)ccc1CO. The van der Waals surface area contributed by atoms with Crippen molar-refractivity contribution in [2.45, 2.75) is 44.3 Å². The van der Waals surface area contributed by atoms with Crippen LogP contribution in [0.25, 0.3) is 16.8 Å². The number of nitrogens with zero attached hydrogens (tertiary/aromatic N) is 2. The second-order valence-electron chi connectivity index (χ2n) is 9.81. The zero-order chi connectivity index (χ0) is 27.0. The van der Waals surface area contributed by atoms with Crippen LogP contribution in [0.15, 0.2) is 71.8 Å². The first-order valence-electron chi connectivity index (χ1n) is 12.1. The van der Waals surface area contributed by atoms with E-state index in [1.807, 2.05) is 60.2 Å². The molecule has 0 saturated carbocycles. The molecule has 0 aliphatic heterocycles. The maximum Gasteiger partial charge on any atom is 0.118 e. The van der Waals surface area contributed by atoms with Gasteiger partial charge in [-0.2, -0.15) is 0 Å². The lowest BCUT2D eigenvalue weighted by Gasteiger charge is -2.21. The van der Waals surface area contributed by atoms with E-state index in [-0.39, 0.29) is 6.61 Å². The summed E-state index contributed by atoms with van der Waals surface area (Å²) >= 11 is 12.9. The van der Waals surface area contributed by atoms with Crippen LogP contribution in [0.2, 0.25) is 10.0 Å².